The number of carbonyl (C=O) groups excluding carboxylic acids is 1. The zero-order chi connectivity index (χ0) is 14.5. The van der Waals surface area contributed by atoms with E-state index in [1.165, 1.54) is 0 Å². The van der Waals surface area contributed by atoms with Crippen molar-refractivity contribution in [2.75, 3.05) is 11.9 Å². The van der Waals surface area contributed by atoms with Gasteiger partial charge in [0.05, 0.1) is 11.3 Å². The smallest absolute Gasteiger partial charge is 0.250 e. The number of carbonyl (C=O) groups is 1. The summed E-state index contributed by atoms with van der Waals surface area (Å²) >= 11 is 0. The number of hydrogen-bond acceptors (Lipinski definition) is 4. The molecule has 0 aromatic heterocycles. The third-order valence-electron chi connectivity index (χ3n) is 2.37. The second-order valence-electron chi connectivity index (χ2n) is 5.21. The highest BCUT2D eigenvalue weighted by atomic mass is 16.5. The molecule has 0 fully saturated rings. The number of oxime groups is 1. The fourth-order valence-electron chi connectivity index (χ4n) is 1.33. The zero-order valence-electron chi connectivity index (χ0n) is 11.7. The number of nitrogens with one attached hydrogen (secondary N) is 1. The molecule has 1 aromatic rings. The molecule has 0 saturated heterocycles. The van der Waals surface area contributed by atoms with E-state index < -0.39 is 0 Å². The van der Waals surface area contributed by atoms with Crippen molar-refractivity contribution in [1.82, 2.24) is 0 Å². The first-order chi connectivity index (χ1) is 8.81. The summed E-state index contributed by atoms with van der Waals surface area (Å²) in [6.07, 6.45) is 0. The van der Waals surface area contributed by atoms with Crippen LogP contribution in [0.15, 0.2) is 29.4 Å². The van der Waals surface area contributed by atoms with E-state index in [1.54, 1.807) is 31.2 Å². The van der Waals surface area contributed by atoms with Crippen LogP contribution in [0.2, 0.25) is 0 Å². The first kappa shape index (κ1) is 15.2. The van der Waals surface area contributed by atoms with E-state index >= 15 is 0 Å². The summed E-state index contributed by atoms with van der Waals surface area (Å²) in [6.45, 7) is 7.40. The number of rotatable bonds is 4. The van der Waals surface area contributed by atoms with Crippen molar-refractivity contribution in [2.24, 2.45) is 5.16 Å². The van der Waals surface area contributed by atoms with E-state index in [4.69, 9.17) is 9.94 Å². The van der Waals surface area contributed by atoms with Crippen LogP contribution in [-0.4, -0.2) is 29.0 Å². The van der Waals surface area contributed by atoms with Crippen LogP contribution in [-0.2, 0) is 9.53 Å². The molecule has 1 rings (SSSR count). The van der Waals surface area contributed by atoms with Gasteiger partial charge in [-0.3, -0.25) is 4.79 Å². The second kappa shape index (κ2) is 6.33. The van der Waals surface area contributed by atoms with Crippen molar-refractivity contribution < 1.29 is 14.7 Å². The molecule has 0 bridgehead atoms. The zero-order valence-corrected chi connectivity index (χ0v) is 11.7. The molecule has 2 N–H and O–H groups in total. The van der Waals surface area contributed by atoms with Gasteiger partial charge in [-0.2, -0.15) is 0 Å². The molecular weight excluding hydrogens is 244 g/mol. The molecule has 0 atom stereocenters. The Labute approximate surface area is 113 Å². The summed E-state index contributed by atoms with van der Waals surface area (Å²) < 4.78 is 5.38. The van der Waals surface area contributed by atoms with Crippen molar-refractivity contribution in [2.45, 2.75) is 33.3 Å². The highest BCUT2D eigenvalue weighted by Gasteiger charge is 2.12. The maximum Gasteiger partial charge on any atom is 0.250 e. The maximum atomic E-state index is 11.6. The summed E-state index contributed by atoms with van der Waals surface area (Å²) in [5.74, 6) is -0.199. The van der Waals surface area contributed by atoms with Crippen molar-refractivity contribution in [3.63, 3.8) is 0 Å². The molecule has 104 valence electrons. The summed E-state index contributed by atoms with van der Waals surface area (Å²) in [5, 5.41) is 14.5. The molecule has 19 heavy (non-hydrogen) atoms. The average molecular weight is 264 g/mol. The predicted molar refractivity (Wildman–Crippen MR) is 74.8 cm³/mol. The van der Waals surface area contributed by atoms with E-state index in [0.29, 0.717) is 11.4 Å². The minimum absolute atomic E-state index is 0.0162. The lowest BCUT2D eigenvalue weighted by molar-refractivity contribution is -0.125. The summed E-state index contributed by atoms with van der Waals surface area (Å²) in [7, 11) is 0. The quantitative estimate of drug-likeness (QED) is 0.499. The van der Waals surface area contributed by atoms with Gasteiger partial charge in [-0.25, -0.2) is 0 Å². The first-order valence-corrected chi connectivity index (χ1v) is 6.05. The van der Waals surface area contributed by atoms with Gasteiger partial charge in [0, 0.05) is 5.69 Å². The second-order valence-corrected chi connectivity index (χ2v) is 5.21. The van der Waals surface area contributed by atoms with Gasteiger partial charge in [-0.05, 0) is 45.4 Å². The van der Waals surface area contributed by atoms with Gasteiger partial charge in [0.1, 0.15) is 6.61 Å². The molecule has 5 heteroatoms. The molecule has 0 unspecified atom stereocenters. The van der Waals surface area contributed by atoms with Gasteiger partial charge in [0.25, 0.3) is 0 Å². The molecule has 0 aliphatic carbocycles. The highest BCUT2D eigenvalue weighted by Crippen LogP contribution is 2.11. The summed E-state index contributed by atoms with van der Waals surface area (Å²) in [6, 6.07) is 7.04. The standard InChI is InChI=1S/C14H20N2O3/c1-10(16-18)11-5-7-12(8-6-11)15-13(17)9-19-14(2,3)4/h5-8,18H,9H2,1-4H3,(H,15,17)/b16-10-. The number of amides is 1. The monoisotopic (exact) mass is 264 g/mol. The molecule has 1 amide bonds. The Kier molecular flexibility index (Phi) is 5.06. The van der Waals surface area contributed by atoms with Crippen molar-refractivity contribution in [1.29, 1.82) is 0 Å². The molecular formula is C14H20N2O3. The molecule has 0 heterocycles. The Morgan fingerprint density at radius 3 is 2.37 bits per heavy atom. The van der Waals surface area contributed by atoms with Gasteiger partial charge in [0.15, 0.2) is 0 Å². The van der Waals surface area contributed by atoms with Gasteiger partial charge in [-0.15, -0.1) is 0 Å². The topological polar surface area (TPSA) is 70.9 Å². The Hall–Kier alpha value is -1.88. The third-order valence-corrected chi connectivity index (χ3v) is 2.37. The largest absolute Gasteiger partial charge is 0.411 e. The predicted octanol–water partition coefficient (Wildman–Crippen LogP) is 2.64. The number of ether oxygens (including phenoxy) is 1. The van der Waals surface area contributed by atoms with E-state index in [9.17, 15) is 4.79 Å². The lowest BCUT2D eigenvalue weighted by Gasteiger charge is -2.19. The van der Waals surface area contributed by atoms with Crippen LogP contribution in [0.25, 0.3) is 0 Å². The lowest BCUT2D eigenvalue weighted by atomic mass is 10.1. The molecule has 1 aromatic carbocycles. The van der Waals surface area contributed by atoms with Crippen molar-refractivity contribution >= 4 is 17.3 Å². The van der Waals surface area contributed by atoms with E-state index in [2.05, 4.69) is 10.5 Å². The van der Waals surface area contributed by atoms with Crippen LogP contribution >= 0.6 is 0 Å². The summed E-state index contributed by atoms with van der Waals surface area (Å²) in [5.41, 5.74) is 1.66. The number of anilines is 1. The summed E-state index contributed by atoms with van der Waals surface area (Å²) in [4.78, 5) is 11.6. The molecule has 0 aliphatic rings. The number of benzene rings is 1. The van der Waals surface area contributed by atoms with Gasteiger partial charge >= 0.3 is 0 Å². The Balaban J connectivity index is 2.56. The van der Waals surface area contributed by atoms with Crippen LogP contribution in [0.5, 0.6) is 0 Å². The van der Waals surface area contributed by atoms with Gasteiger partial charge in [-0.1, -0.05) is 17.3 Å². The molecule has 0 saturated carbocycles. The van der Waals surface area contributed by atoms with Crippen LogP contribution in [0.1, 0.15) is 33.3 Å². The molecule has 5 nitrogen and oxygen atoms in total. The van der Waals surface area contributed by atoms with Crippen LogP contribution < -0.4 is 5.32 Å². The van der Waals surface area contributed by atoms with Crippen LogP contribution in [0.4, 0.5) is 5.69 Å². The minimum Gasteiger partial charge on any atom is -0.411 e. The Morgan fingerprint density at radius 2 is 1.89 bits per heavy atom. The van der Waals surface area contributed by atoms with Gasteiger partial charge < -0.3 is 15.3 Å². The Morgan fingerprint density at radius 1 is 1.32 bits per heavy atom. The van der Waals surface area contributed by atoms with Crippen LogP contribution in [0, 0.1) is 0 Å². The van der Waals surface area contributed by atoms with E-state index in [1.807, 2.05) is 20.8 Å². The fourth-order valence-corrected chi connectivity index (χ4v) is 1.33. The first-order valence-electron chi connectivity index (χ1n) is 6.05. The average Bonchev–Trinajstić information content (AvgIpc) is 2.35. The maximum absolute atomic E-state index is 11.6. The van der Waals surface area contributed by atoms with E-state index in [-0.39, 0.29) is 18.1 Å². The van der Waals surface area contributed by atoms with Crippen molar-refractivity contribution in [3.05, 3.63) is 29.8 Å². The fraction of sp³-hybridized carbons (Fsp3) is 0.429. The number of hydrogen-bond donors (Lipinski definition) is 2. The lowest BCUT2D eigenvalue weighted by Crippen LogP contribution is -2.27. The number of nitrogens with zero attached hydrogens (tertiary/aromatic N) is 1. The van der Waals surface area contributed by atoms with Crippen LogP contribution in [0.3, 0.4) is 0 Å². The molecule has 0 radical (unpaired) electrons. The third kappa shape index (κ3) is 5.52. The SMILES string of the molecule is C/C(=N/O)c1ccc(NC(=O)COC(C)(C)C)cc1. The van der Waals surface area contributed by atoms with Crippen molar-refractivity contribution in [3.8, 4) is 0 Å². The Bertz CT molecular complexity index is 459. The minimum atomic E-state index is -0.337. The normalized spacial score (nSPS) is 12.3. The molecule has 0 aliphatic heterocycles. The highest BCUT2D eigenvalue weighted by molar-refractivity contribution is 5.99. The van der Waals surface area contributed by atoms with E-state index in [0.717, 1.165) is 5.56 Å². The molecule has 0 spiro atoms. The van der Waals surface area contributed by atoms with Gasteiger partial charge in [0.2, 0.25) is 5.91 Å².